The number of benzene rings is 2. The molecule has 5 rings (SSSR count). The highest BCUT2D eigenvalue weighted by molar-refractivity contribution is 7.89. The summed E-state index contributed by atoms with van der Waals surface area (Å²) in [5.74, 6) is -0.484. The van der Waals surface area contributed by atoms with Gasteiger partial charge in [0.15, 0.2) is 5.78 Å². The molecule has 2 aromatic carbocycles. The van der Waals surface area contributed by atoms with Crippen LogP contribution in [0.2, 0.25) is 0 Å². The molecule has 0 spiro atoms. The van der Waals surface area contributed by atoms with Gasteiger partial charge < -0.3 is 5.32 Å². The van der Waals surface area contributed by atoms with Crippen LogP contribution in [0, 0.1) is 5.82 Å². The first-order chi connectivity index (χ1) is 18.5. The first-order valence-electron chi connectivity index (χ1n) is 12.6. The second-order valence-electron chi connectivity index (χ2n) is 9.76. The topological polar surface area (TPSA) is 92.3 Å². The minimum absolute atomic E-state index is 0.0203. The van der Waals surface area contributed by atoms with E-state index in [0.29, 0.717) is 35.7 Å². The molecule has 1 N–H and O–H groups in total. The van der Waals surface area contributed by atoms with Crippen LogP contribution in [0.1, 0.15) is 43.4 Å². The number of sulfonamides is 1. The van der Waals surface area contributed by atoms with Gasteiger partial charge in [0.2, 0.25) is 16.0 Å². The summed E-state index contributed by atoms with van der Waals surface area (Å²) in [4.78, 5) is 22.1. The molecule has 0 amide bonds. The van der Waals surface area contributed by atoms with Gasteiger partial charge in [0.25, 0.3) is 0 Å². The van der Waals surface area contributed by atoms with Crippen molar-refractivity contribution in [3.05, 3.63) is 71.7 Å². The number of hydrogen-bond donors (Lipinski definition) is 1. The fourth-order valence-corrected chi connectivity index (χ4v) is 6.27. The summed E-state index contributed by atoms with van der Waals surface area (Å²) in [6, 6.07) is 10.2. The third kappa shape index (κ3) is 6.27. The first kappa shape index (κ1) is 27.2. The minimum Gasteiger partial charge on any atom is -0.351 e. The number of ketones is 1. The number of alkyl halides is 3. The molecular weight excluding hydrogens is 536 g/mol. The summed E-state index contributed by atoms with van der Waals surface area (Å²) >= 11 is 0. The maximum atomic E-state index is 13.3. The number of halogens is 4. The van der Waals surface area contributed by atoms with Crippen LogP contribution in [0.3, 0.4) is 0 Å². The number of Topliss-reactive ketones (excluding diaryl/α,β-unsaturated/α-hetero) is 1. The molecule has 2 aliphatic rings. The molecule has 1 aliphatic carbocycles. The fourth-order valence-electron chi connectivity index (χ4n) is 4.59. The van der Waals surface area contributed by atoms with Crippen molar-refractivity contribution in [2.45, 2.75) is 61.7 Å². The maximum Gasteiger partial charge on any atom is 0.416 e. The zero-order valence-electron chi connectivity index (χ0n) is 20.8. The average Bonchev–Trinajstić information content (AvgIpc) is 3.56. The zero-order chi connectivity index (χ0) is 27.8. The van der Waals surface area contributed by atoms with E-state index in [-0.39, 0.29) is 36.1 Å². The van der Waals surface area contributed by atoms with E-state index in [1.165, 1.54) is 28.6 Å². The lowest BCUT2D eigenvalue weighted by molar-refractivity contribution is -0.137. The van der Waals surface area contributed by atoms with E-state index in [1.807, 2.05) is 0 Å². The molecule has 39 heavy (non-hydrogen) atoms. The molecule has 2 heterocycles. The van der Waals surface area contributed by atoms with Gasteiger partial charge in [0.05, 0.1) is 22.2 Å². The highest BCUT2D eigenvalue weighted by atomic mass is 32.2. The van der Waals surface area contributed by atoms with Crippen LogP contribution in [-0.4, -0.2) is 47.1 Å². The monoisotopic (exact) mass is 562 g/mol. The number of hydrogen-bond acceptors (Lipinski definition) is 6. The van der Waals surface area contributed by atoms with Crippen molar-refractivity contribution in [3.63, 3.8) is 0 Å². The molecule has 0 radical (unpaired) electrons. The van der Waals surface area contributed by atoms with Crippen LogP contribution in [0.15, 0.2) is 59.5 Å². The minimum atomic E-state index is -4.45. The number of aryl methyl sites for hydroxylation is 1. The SMILES string of the molecule is O=C(CCc1cc(-c2ccc(C(F)(F)F)cc2)nc(NC2CC2)n1)[C@@H]1CCCN1S(=O)(=O)c1ccc(F)cc1. The van der Waals surface area contributed by atoms with Gasteiger partial charge in [0, 0.05) is 30.3 Å². The van der Waals surface area contributed by atoms with Gasteiger partial charge in [-0.2, -0.15) is 17.5 Å². The van der Waals surface area contributed by atoms with E-state index in [1.54, 1.807) is 6.07 Å². The predicted molar refractivity (Wildman–Crippen MR) is 136 cm³/mol. The van der Waals surface area contributed by atoms with Gasteiger partial charge in [0.1, 0.15) is 5.82 Å². The fraction of sp³-hybridized carbons (Fsp3) is 0.370. The van der Waals surface area contributed by atoms with Crippen LogP contribution in [-0.2, 0) is 27.4 Å². The molecular formula is C27H26F4N4O3S. The second kappa shape index (κ2) is 10.6. The van der Waals surface area contributed by atoms with E-state index in [9.17, 15) is 30.8 Å². The van der Waals surface area contributed by atoms with Crippen molar-refractivity contribution < 1.29 is 30.8 Å². The van der Waals surface area contributed by atoms with E-state index < -0.39 is 33.6 Å². The van der Waals surface area contributed by atoms with E-state index in [4.69, 9.17) is 0 Å². The number of carbonyl (C=O) groups is 1. The summed E-state index contributed by atoms with van der Waals surface area (Å²) in [6.07, 6.45) is -1.40. The van der Waals surface area contributed by atoms with Gasteiger partial charge in [-0.15, -0.1) is 0 Å². The second-order valence-corrected chi connectivity index (χ2v) is 11.6. The van der Waals surface area contributed by atoms with Crippen LogP contribution in [0.4, 0.5) is 23.5 Å². The maximum absolute atomic E-state index is 13.3. The molecule has 7 nitrogen and oxygen atoms in total. The smallest absolute Gasteiger partial charge is 0.351 e. The van der Waals surface area contributed by atoms with Gasteiger partial charge in [-0.05, 0) is 74.6 Å². The van der Waals surface area contributed by atoms with E-state index in [0.717, 1.165) is 37.1 Å². The quantitative estimate of drug-likeness (QED) is 0.359. The molecule has 3 aromatic rings. The average molecular weight is 563 g/mol. The van der Waals surface area contributed by atoms with Crippen molar-refractivity contribution in [1.29, 1.82) is 0 Å². The van der Waals surface area contributed by atoms with Crippen LogP contribution >= 0.6 is 0 Å². The number of carbonyl (C=O) groups excluding carboxylic acids is 1. The van der Waals surface area contributed by atoms with Crippen molar-refractivity contribution in [1.82, 2.24) is 14.3 Å². The molecule has 1 aliphatic heterocycles. The molecule has 0 bridgehead atoms. The Labute approximate surface area is 223 Å². The summed E-state index contributed by atoms with van der Waals surface area (Å²) in [5, 5.41) is 3.19. The normalized spacial score (nSPS) is 18.3. The Morgan fingerprint density at radius 2 is 1.69 bits per heavy atom. The molecule has 1 saturated heterocycles. The Hall–Kier alpha value is -3.38. The molecule has 1 saturated carbocycles. The van der Waals surface area contributed by atoms with E-state index in [2.05, 4.69) is 15.3 Å². The van der Waals surface area contributed by atoms with Crippen LogP contribution < -0.4 is 5.32 Å². The lowest BCUT2D eigenvalue weighted by Crippen LogP contribution is -2.40. The third-order valence-corrected chi connectivity index (χ3v) is 8.74. The number of anilines is 1. The van der Waals surface area contributed by atoms with Crippen molar-refractivity contribution in [3.8, 4) is 11.3 Å². The summed E-state index contributed by atoms with van der Waals surface area (Å²) < 4.78 is 79.7. The lowest BCUT2D eigenvalue weighted by Gasteiger charge is -2.23. The standard InChI is InChI=1S/C27H26F4N4O3S/c28-19-7-12-22(13-8-19)39(37,38)35-15-1-2-24(35)25(36)14-11-21-16-23(34-26(33-21)32-20-9-10-20)17-3-5-18(6-4-17)27(29,30)31/h3-8,12-13,16,20,24H,1-2,9-11,14-15H2,(H,32,33,34)/t24-/m0/s1. The summed E-state index contributed by atoms with van der Waals surface area (Å²) in [7, 11) is -3.97. The molecule has 1 aromatic heterocycles. The number of nitrogens with zero attached hydrogens (tertiary/aromatic N) is 3. The molecule has 2 fully saturated rings. The Balaban J connectivity index is 1.33. The molecule has 206 valence electrons. The van der Waals surface area contributed by atoms with Gasteiger partial charge in [-0.3, -0.25) is 4.79 Å². The zero-order valence-corrected chi connectivity index (χ0v) is 21.6. The van der Waals surface area contributed by atoms with Crippen molar-refractivity contribution >= 4 is 21.8 Å². The Bertz CT molecular complexity index is 1460. The van der Waals surface area contributed by atoms with Crippen LogP contribution in [0.5, 0.6) is 0 Å². The Morgan fingerprint density at radius 1 is 1.00 bits per heavy atom. The molecule has 0 unspecified atom stereocenters. The summed E-state index contributed by atoms with van der Waals surface area (Å²) in [5.41, 5.74) is 0.649. The van der Waals surface area contributed by atoms with Crippen LogP contribution in [0.25, 0.3) is 11.3 Å². The highest BCUT2D eigenvalue weighted by Crippen LogP contribution is 2.32. The number of rotatable bonds is 9. The largest absolute Gasteiger partial charge is 0.416 e. The Morgan fingerprint density at radius 3 is 2.33 bits per heavy atom. The highest BCUT2D eigenvalue weighted by Gasteiger charge is 2.39. The number of aromatic nitrogens is 2. The third-order valence-electron chi connectivity index (χ3n) is 6.82. The predicted octanol–water partition coefficient (Wildman–Crippen LogP) is 5.23. The molecule has 1 atom stereocenters. The van der Waals surface area contributed by atoms with E-state index >= 15 is 0 Å². The Kier molecular flexibility index (Phi) is 7.43. The molecule has 12 heteroatoms. The number of nitrogens with one attached hydrogen (secondary N) is 1. The van der Waals surface area contributed by atoms with Crippen molar-refractivity contribution in [2.24, 2.45) is 0 Å². The van der Waals surface area contributed by atoms with Crippen molar-refractivity contribution in [2.75, 3.05) is 11.9 Å². The van der Waals surface area contributed by atoms with Gasteiger partial charge in [-0.1, -0.05) is 12.1 Å². The summed E-state index contributed by atoms with van der Waals surface area (Å²) in [6.45, 7) is 0.192. The lowest BCUT2D eigenvalue weighted by atomic mass is 10.0. The van der Waals surface area contributed by atoms with Gasteiger partial charge in [-0.25, -0.2) is 22.8 Å². The van der Waals surface area contributed by atoms with Gasteiger partial charge >= 0.3 is 6.18 Å². The first-order valence-corrected chi connectivity index (χ1v) is 14.1.